The van der Waals surface area contributed by atoms with Crippen LogP contribution in [0, 0.1) is 0 Å². The van der Waals surface area contributed by atoms with Gasteiger partial charge in [-0.15, -0.1) is 0 Å². The van der Waals surface area contributed by atoms with Crippen LogP contribution in [0.3, 0.4) is 0 Å². The van der Waals surface area contributed by atoms with Crippen molar-refractivity contribution in [1.82, 2.24) is 0 Å². The van der Waals surface area contributed by atoms with Crippen molar-refractivity contribution in [3.8, 4) is 0 Å². The van der Waals surface area contributed by atoms with Gasteiger partial charge in [0.1, 0.15) is 0 Å². The summed E-state index contributed by atoms with van der Waals surface area (Å²) in [6.07, 6.45) is 5.84. The molecule has 68 valence electrons. The normalized spacial score (nSPS) is 29.2. The van der Waals surface area contributed by atoms with Gasteiger partial charge in [0.2, 0.25) is 0 Å². The van der Waals surface area contributed by atoms with E-state index in [1.54, 1.807) is 19.1 Å². The van der Waals surface area contributed by atoms with Crippen LogP contribution in [0.2, 0.25) is 0 Å². The van der Waals surface area contributed by atoms with E-state index in [0.29, 0.717) is 6.42 Å². The largest absolute Gasteiger partial charge is 0.346 e. The van der Waals surface area contributed by atoms with Crippen LogP contribution in [0.15, 0.2) is 21.8 Å². The monoisotopic (exact) mass is 286 g/mol. The van der Waals surface area contributed by atoms with Gasteiger partial charge < -0.3 is 4.74 Å². The van der Waals surface area contributed by atoms with Gasteiger partial charge in [-0.2, -0.15) is 8.78 Å². The van der Waals surface area contributed by atoms with E-state index >= 15 is 0 Å². The molecule has 0 heterocycles. The van der Waals surface area contributed by atoms with Crippen molar-refractivity contribution in [2.75, 3.05) is 0 Å². The molecule has 4 heteroatoms. The minimum atomic E-state index is -2.70. The zero-order valence-corrected chi connectivity index (χ0v) is 8.72. The first-order valence-electron chi connectivity index (χ1n) is 3.53. The first-order chi connectivity index (χ1) is 5.52. The highest BCUT2D eigenvalue weighted by atomic mass is 127. The summed E-state index contributed by atoms with van der Waals surface area (Å²) < 4.78 is 29.3. The van der Waals surface area contributed by atoms with Crippen molar-refractivity contribution in [3.05, 3.63) is 21.8 Å². The van der Waals surface area contributed by atoms with Crippen molar-refractivity contribution >= 4 is 22.6 Å². The molecule has 0 saturated heterocycles. The second-order valence-electron chi connectivity index (χ2n) is 2.82. The molecule has 0 bridgehead atoms. The topological polar surface area (TPSA) is 9.23 Å². The van der Waals surface area contributed by atoms with Gasteiger partial charge >= 0.3 is 6.61 Å². The number of ether oxygens (including phenoxy) is 1. The summed E-state index contributed by atoms with van der Waals surface area (Å²) in [5.74, 6) is 0. The van der Waals surface area contributed by atoms with E-state index in [9.17, 15) is 8.78 Å². The maximum absolute atomic E-state index is 11.9. The molecule has 1 rings (SSSR count). The fraction of sp³-hybridized carbons (Fsp3) is 0.500. The van der Waals surface area contributed by atoms with Crippen molar-refractivity contribution < 1.29 is 13.5 Å². The standard InChI is InChI=1S/C8H9F2IO/c1-8(12-7(9)10)4-2-6(11)3-5-8/h2-4,7H,5H2,1H3. The molecule has 0 spiro atoms. The van der Waals surface area contributed by atoms with Gasteiger partial charge in [-0.1, -0.05) is 18.2 Å². The molecule has 1 nitrogen and oxygen atoms in total. The van der Waals surface area contributed by atoms with Crippen molar-refractivity contribution in [2.45, 2.75) is 25.6 Å². The third-order valence-corrected chi connectivity index (χ3v) is 2.46. The molecule has 0 aliphatic heterocycles. The molecule has 0 aromatic heterocycles. The van der Waals surface area contributed by atoms with Crippen LogP contribution in [0.5, 0.6) is 0 Å². The number of hydrogen-bond donors (Lipinski definition) is 0. The highest BCUT2D eigenvalue weighted by Gasteiger charge is 2.26. The van der Waals surface area contributed by atoms with E-state index in [4.69, 9.17) is 0 Å². The smallest absolute Gasteiger partial charge is 0.312 e. The summed E-state index contributed by atoms with van der Waals surface area (Å²) in [4.78, 5) is 0. The maximum Gasteiger partial charge on any atom is 0.346 e. The second-order valence-corrected chi connectivity index (χ2v) is 4.06. The minimum Gasteiger partial charge on any atom is -0.312 e. The van der Waals surface area contributed by atoms with Gasteiger partial charge in [0.25, 0.3) is 0 Å². The first kappa shape index (κ1) is 10.1. The Morgan fingerprint density at radius 3 is 2.75 bits per heavy atom. The van der Waals surface area contributed by atoms with E-state index in [2.05, 4.69) is 27.3 Å². The summed E-state index contributed by atoms with van der Waals surface area (Å²) in [7, 11) is 0. The molecule has 1 aliphatic carbocycles. The Hall–Kier alpha value is 0.0300. The number of alkyl halides is 2. The molecular weight excluding hydrogens is 277 g/mol. The van der Waals surface area contributed by atoms with Crippen molar-refractivity contribution in [3.63, 3.8) is 0 Å². The molecule has 0 saturated carbocycles. The molecule has 1 aliphatic rings. The molecule has 0 amide bonds. The quantitative estimate of drug-likeness (QED) is 0.708. The molecule has 0 fully saturated rings. The third-order valence-electron chi connectivity index (χ3n) is 1.66. The van der Waals surface area contributed by atoms with Gasteiger partial charge in [0, 0.05) is 3.58 Å². The molecular formula is C8H9F2IO. The third kappa shape index (κ3) is 2.82. The number of hydrogen-bond acceptors (Lipinski definition) is 1. The van der Waals surface area contributed by atoms with Gasteiger partial charge in [-0.25, -0.2) is 0 Å². The molecule has 0 aromatic carbocycles. The summed E-state index contributed by atoms with van der Waals surface area (Å²) in [6, 6.07) is 0. The highest BCUT2D eigenvalue weighted by molar-refractivity contribution is 14.1. The summed E-state index contributed by atoms with van der Waals surface area (Å²) in [5, 5.41) is 0. The lowest BCUT2D eigenvalue weighted by molar-refractivity contribution is -0.184. The van der Waals surface area contributed by atoms with Crippen LogP contribution >= 0.6 is 22.6 Å². The Morgan fingerprint density at radius 2 is 2.33 bits per heavy atom. The Labute approximate surface area is 83.6 Å². The fourth-order valence-electron chi connectivity index (χ4n) is 0.983. The van der Waals surface area contributed by atoms with E-state index in [0.717, 1.165) is 3.58 Å². The van der Waals surface area contributed by atoms with Crippen LogP contribution in [-0.2, 0) is 4.74 Å². The van der Waals surface area contributed by atoms with Crippen LogP contribution < -0.4 is 0 Å². The molecule has 12 heavy (non-hydrogen) atoms. The molecule has 0 aromatic rings. The Morgan fingerprint density at radius 1 is 1.67 bits per heavy atom. The predicted molar refractivity (Wildman–Crippen MR) is 51.4 cm³/mol. The van der Waals surface area contributed by atoms with Gasteiger partial charge in [0.05, 0.1) is 5.60 Å². The number of rotatable bonds is 2. The average molecular weight is 286 g/mol. The van der Waals surface area contributed by atoms with Crippen LogP contribution in [0.4, 0.5) is 8.78 Å². The summed E-state index contributed by atoms with van der Waals surface area (Å²) >= 11 is 2.14. The lowest BCUT2D eigenvalue weighted by Gasteiger charge is -2.26. The van der Waals surface area contributed by atoms with E-state index in [1.165, 1.54) is 0 Å². The fourth-order valence-corrected chi connectivity index (χ4v) is 1.38. The highest BCUT2D eigenvalue weighted by Crippen LogP contribution is 2.28. The summed E-state index contributed by atoms with van der Waals surface area (Å²) in [6.45, 7) is -1.06. The first-order valence-corrected chi connectivity index (χ1v) is 4.61. The van der Waals surface area contributed by atoms with Crippen LogP contribution in [0.1, 0.15) is 13.3 Å². The lowest BCUT2D eigenvalue weighted by atomic mass is 9.98. The zero-order chi connectivity index (χ0) is 9.19. The summed E-state index contributed by atoms with van der Waals surface area (Å²) in [5.41, 5.74) is -0.831. The molecule has 1 unspecified atom stereocenters. The van der Waals surface area contributed by atoms with Crippen molar-refractivity contribution in [1.29, 1.82) is 0 Å². The second kappa shape index (κ2) is 3.83. The Balaban J connectivity index is 2.59. The number of allylic oxidation sites excluding steroid dienone is 2. The Kier molecular flexibility index (Phi) is 3.22. The van der Waals surface area contributed by atoms with Crippen LogP contribution in [0.25, 0.3) is 0 Å². The van der Waals surface area contributed by atoms with Gasteiger partial charge in [0.15, 0.2) is 0 Å². The van der Waals surface area contributed by atoms with E-state index < -0.39 is 12.2 Å². The minimum absolute atomic E-state index is 0.506. The van der Waals surface area contributed by atoms with Gasteiger partial charge in [-0.3, -0.25) is 0 Å². The van der Waals surface area contributed by atoms with Gasteiger partial charge in [-0.05, 0) is 35.9 Å². The van der Waals surface area contributed by atoms with E-state index in [-0.39, 0.29) is 0 Å². The number of halogens is 3. The lowest BCUT2D eigenvalue weighted by Crippen LogP contribution is -2.29. The molecule has 1 atom stereocenters. The molecule has 0 N–H and O–H groups in total. The Bertz CT molecular complexity index is 225. The molecule has 0 radical (unpaired) electrons. The maximum atomic E-state index is 11.9. The van der Waals surface area contributed by atoms with Crippen molar-refractivity contribution in [2.24, 2.45) is 0 Å². The predicted octanol–water partition coefficient (Wildman–Crippen LogP) is 3.26. The van der Waals surface area contributed by atoms with E-state index in [1.807, 2.05) is 6.08 Å². The zero-order valence-electron chi connectivity index (χ0n) is 6.56. The van der Waals surface area contributed by atoms with Crippen LogP contribution in [-0.4, -0.2) is 12.2 Å². The SMILES string of the molecule is CC1(OC(F)F)C=CC(I)=CC1. The average Bonchev–Trinajstić information content (AvgIpc) is 1.94.